The van der Waals surface area contributed by atoms with Crippen LogP contribution in [0.3, 0.4) is 0 Å². The molecule has 2 aliphatic heterocycles. The number of sulfone groups is 1. The fraction of sp³-hybridized carbons (Fsp3) is 0.547. The van der Waals surface area contributed by atoms with E-state index < -0.39 is 9.84 Å². The van der Waals surface area contributed by atoms with Crippen LogP contribution in [-0.4, -0.2) is 164 Å². The molecule has 2 amide bonds. The summed E-state index contributed by atoms with van der Waals surface area (Å²) < 4.78 is 24.5. The third-order valence-electron chi connectivity index (χ3n) is 12.0. The second-order valence-electron chi connectivity index (χ2n) is 21.5. The van der Waals surface area contributed by atoms with E-state index in [2.05, 4.69) is 98.3 Å². The Morgan fingerprint density at radius 2 is 1.15 bits per heavy atom. The van der Waals surface area contributed by atoms with Crippen LogP contribution in [0.15, 0.2) is 41.6 Å². The molecule has 2 aliphatic rings. The van der Waals surface area contributed by atoms with E-state index in [9.17, 15) is 28.5 Å². The van der Waals surface area contributed by atoms with Gasteiger partial charge in [0.15, 0.2) is 23.3 Å². The number of carbonyl (C=O) groups excluding carboxylic acids is 2. The molecule has 21 heteroatoms. The zero-order valence-corrected chi connectivity index (χ0v) is 47.2. The van der Waals surface area contributed by atoms with Crippen molar-refractivity contribution < 1.29 is 18.0 Å². The second kappa shape index (κ2) is 26.5. The van der Waals surface area contributed by atoms with Gasteiger partial charge in [0.05, 0.1) is 0 Å². The van der Waals surface area contributed by atoms with Crippen molar-refractivity contribution in [1.82, 2.24) is 45.7 Å². The van der Waals surface area contributed by atoms with Crippen LogP contribution in [0.25, 0.3) is 0 Å². The lowest BCUT2D eigenvalue weighted by Crippen LogP contribution is -2.33. The first-order valence-corrected chi connectivity index (χ1v) is 26.9. The van der Waals surface area contributed by atoms with Crippen molar-refractivity contribution in [3.63, 3.8) is 0 Å². The molecule has 2 fully saturated rings. The fourth-order valence-corrected chi connectivity index (χ4v) is 8.76. The summed E-state index contributed by atoms with van der Waals surface area (Å²) in [4.78, 5) is 52.9. The summed E-state index contributed by atoms with van der Waals surface area (Å²) in [6.45, 7) is 26.1. The van der Waals surface area contributed by atoms with Crippen LogP contribution < -0.4 is 41.3 Å². The Hall–Kier alpha value is -6.65. The number of anilines is 7. The molecule has 6 rings (SSSR count). The Balaban J connectivity index is 0.000000279. The van der Waals surface area contributed by atoms with Crippen molar-refractivity contribution in [2.24, 2.45) is 10.8 Å². The van der Waals surface area contributed by atoms with Gasteiger partial charge in [-0.3, -0.25) is 9.59 Å². The summed E-state index contributed by atoms with van der Waals surface area (Å²) in [5.74, 6) is 1.50. The maximum atomic E-state index is 12.2. The number of aromatic nitrogens is 4. The standard InChI is InChI=1S/C26H38N8O.C21H28N6O3S.C6H14N2/c1-18-9-10-19(24(35)28-5)15-21(18)29-22-20(16-27)23(33(7)17-26(2,3)4)31-25(30-22)34-12-8-11-32(6)13-14-34;1-13-8-9-14(19(28)23-5)10-16(13)24-17-15(11-22)18(27(6)12-21(2,3)4)26-20(25-17)31(7,29)30;1-8-5-2-3-7-4-6-8/h9-10,15H,8,11-14,17H2,1-7H3,(H,28,35)(H,29,30,31);8-10H,12H2,1-7H3,(H,23,28)(H,24,25,26);7H,2-6H2,1H3. The smallest absolute Gasteiger partial charge is 0.251 e. The number of hydrogen-bond acceptors (Lipinski definition) is 18. The average molecular weight is 1040 g/mol. The number of benzene rings is 2. The summed E-state index contributed by atoms with van der Waals surface area (Å²) in [7, 11) is 7.42. The molecular weight excluding hydrogens is 957 g/mol. The molecule has 0 atom stereocenters. The number of amides is 2. The molecule has 2 aromatic heterocycles. The molecule has 0 spiro atoms. The van der Waals surface area contributed by atoms with Gasteiger partial charge >= 0.3 is 0 Å². The van der Waals surface area contributed by atoms with Gasteiger partial charge in [0, 0.05) is 103 Å². The fourth-order valence-electron chi connectivity index (χ4n) is 8.25. The second-order valence-corrected chi connectivity index (χ2v) is 23.4. The van der Waals surface area contributed by atoms with Crippen LogP contribution in [0.1, 0.15) is 97.4 Å². The molecule has 0 bridgehead atoms. The number of likely N-dealkylation sites (N-methyl/N-ethyl adjacent to an activating group) is 2. The lowest BCUT2D eigenvalue weighted by molar-refractivity contribution is 0.0955. The number of hydrogen-bond donors (Lipinski definition) is 5. The molecule has 0 radical (unpaired) electrons. The third-order valence-corrected chi connectivity index (χ3v) is 12.8. The van der Waals surface area contributed by atoms with E-state index in [0.717, 1.165) is 68.8 Å². The number of nitrogens with one attached hydrogen (secondary N) is 5. The van der Waals surface area contributed by atoms with Crippen molar-refractivity contribution in [1.29, 1.82) is 10.5 Å². The SMILES string of the molecule is CN1CCCNCC1.CNC(=O)c1ccc(C)c(Nc2nc(N3CCCN(C)CC3)nc(N(C)CC(C)(C)C)c2C#N)c1.CNC(=O)c1ccc(C)c(Nc2nc(S(C)(=O)=O)nc(N(C)CC(C)(C)C)c2C#N)c1. The van der Waals surface area contributed by atoms with Crippen molar-refractivity contribution in [2.45, 2.75) is 73.4 Å². The lowest BCUT2D eigenvalue weighted by atomic mass is 9.96. The van der Waals surface area contributed by atoms with Gasteiger partial charge < -0.3 is 51.1 Å². The Bertz CT molecular complexity index is 2770. The van der Waals surface area contributed by atoms with E-state index in [1.807, 2.05) is 52.6 Å². The monoisotopic (exact) mass is 1040 g/mol. The third kappa shape index (κ3) is 17.8. The van der Waals surface area contributed by atoms with Crippen LogP contribution >= 0.6 is 0 Å². The van der Waals surface area contributed by atoms with E-state index in [-0.39, 0.29) is 45.0 Å². The Morgan fingerprint density at radius 1 is 0.676 bits per heavy atom. The summed E-state index contributed by atoms with van der Waals surface area (Å²) >= 11 is 0. The van der Waals surface area contributed by atoms with Gasteiger partial charge in [-0.1, -0.05) is 53.7 Å². The highest BCUT2D eigenvalue weighted by Gasteiger charge is 2.27. The zero-order chi connectivity index (χ0) is 55.1. The van der Waals surface area contributed by atoms with Gasteiger partial charge in [-0.2, -0.15) is 30.5 Å². The topological polar surface area (TPSA) is 244 Å². The van der Waals surface area contributed by atoms with Gasteiger partial charge in [0.2, 0.25) is 15.8 Å². The minimum absolute atomic E-state index is 0.0178. The van der Waals surface area contributed by atoms with Gasteiger partial charge in [-0.15, -0.1) is 0 Å². The van der Waals surface area contributed by atoms with Gasteiger partial charge in [0.1, 0.15) is 23.3 Å². The molecule has 2 saturated heterocycles. The molecule has 5 N–H and O–H groups in total. The molecule has 4 aromatic rings. The summed E-state index contributed by atoms with van der Waals surface area (Å²) in [5, 5.41) is 34.6. The summed E-state index contributed by atoms with van der Waals surface area (Å²) in [6.07, 6.45) is 3.34. The van der Waals surface area contributed by atoms with Gasteiger partial charge in [-0.05, 0) is 107 Å². The summed E-state index contributed by atoms with van der Waals surface area (Å²) in [6, 6.07) is 14.9. The molecule has 4 heterocycles. The molecule has 0 unspecified atom stereocenters. The van der Waals surface area contributed by atoms with E-state index in [1.165, 1.54) is 33.1 Å². The van der Waals surface area contributed by atoms with E-state index >= 15 is 0 Å². The van der Waals surface area contributed by atoms with Crippen LogP contribution in [0, 0.1) is 47.3 Å². The molecule has 402 valence electrons. The van der Waals surface area contributed by atoms with Gasteiger partial charge in [0.25, 0.3) is 17.0 Å². The predicted octanol–water partition coefficient (Wildman–Crippen LogP) is 5.94. The zero-order valence-electron chi connectivity index (χ0n) is 46.4. The van der Waals surface area contributed by atoms with E-state index in [4.69, 9.17) is 9.97 Å². The quantitative estimate of drug-likeness (QED) is 0.103. The largest absolute Gasteiger partial charge is 0.358 e. The minimum atomic E-state index is -3.74. The van der Waals surface area contributed by atoms with Crippen molar-refractivity contribution in [3.05, 3.63) is 69.8 Å². The summed E-state index contributed by atoms with van der Waals surface area (Å²) in [5.41, 5.74) is 4.34. The first-order valence-electron chi connectivity index (χ1n) is 25.0. The highest BCUT2D eigenvalue weighted by molar-refractivity contribution is 7.90. The first kappa shape index (κ1) is 59.9. The highest BCUT2D eigenvalue weighted by Crippen LogP contribution is 2.33. The molecular formula is C53H80N16O4S. The number of aryl methyl sites for hydroxylation is 2. The van der Waals surface area contributed by atoms with Crippen LogP contribution in [0.4, 0.5) is 40.6 Å². The minimum Gasteiger partial charge on any atom is -0.358 e. The van der Waals surface area contributed by atoms with Crippen LogP contribution in [0.2, 0.25) is 0 Å². The van der Waals surface area contributed by atoms with Crippen molar-refractivity contribution in [2.75, 3.05) is 139 Å². The average Bonchev–Trinajstić information content (AvgIpc) is 3.72. The molecule has 2 aromatic carbocycles. The van der Waals surface area contributed by atoms with E-state index in [1.54, 1.807) is 49.3 Å². The number of carbonyl (C=O) groups is 2. The molecule has 74 heavy (non-hydrogen) atoms. The molecule has 20 nitrogen and oxygen atoms in total. The number of nitriles is 2. The van der Waals surface area contributed by atoms with Crippen molar-refractivity contribution >= 4 is 62.2 Å². The number of nitrogens with zero attached hydrogens (tertiary/aromatic N) is 11. The maximum Gasteiger partial charge on any atom is 0.251 e. The normalized spacial score (nSPS) is 14.5. The molecule has 0 saturated carbocycles. The van der Waals surface area contributed by atoms with Crippen LogP contribution in [-0.2, 0) is 9.84 Å². The highest BCUT2D eigenvalue weighted by atomic mass is 32.2. The van der Waals surface area contributed by atoms with Crippen LogP contribution in [0.5, 0.6) is 0 Å². The Labute approximate surface area is 440 Å². The first-order chi connectivity index (χ1) is 34.7. The predicted molar refractivity (Wildman–Crippen MR) is 297 cm³/mol. The lowest BCUT2D eigenvalue weighted by Gasteiger charge is -2.30. The number of rotatable bonds is 12. The van der Waals surface area contributed by atoms with Crippen molar-refractivity contribution in [3.8, 4) is 12.1 Å². The Morgan fingerprint density at radius 3 is 1.62 bits per heavy atom. The molecule has 0 aliphatic carbocycles. The van der Waals surface area contributed by atoms with E-state index in [0.29, 0.717) is 46.5 Å². The Kier molecular flexibility index (Phi) is 21.5. The van der Waals surface area contributed by atoms with Gasteiger partial charge in [-0.25, -0.2) is 8.42 Å². The maximum absolute atomic E-state index is 12.2.